The molecule has 1 unspecified atom stereocenters. The van der Waals surface area contributed by atoms with E-state index in [4.69, 9.17) is 4.74 Å². The van der Waals surface area contributed by atoms with E-state index in [0.717, 1.165) is 9.88 Å². The summed E-state index contributed by atoms with van der Waals surface area (Å²) in [7, 11) is 0. The van der Waals surface area contributed by atoms with Crippen molar-refractivity contribution >= 4 is 22.4 Å². The summed E-state index contributed by atoms with van der Waals surface area (Å²) < 4.78 is 5.29. The third-order valence-corrected chi connectivity index (χ3v) is 3.15. The molecule has 1 aromatic heterocycles. The Balaban J connectivity index is 2.15. The first-order valence-corrected chi connectivity index (χ1v) is 7.16. The molecule has 0 bridgehead atoms. The van der Waals surface area contributed by atoms with Gasteiger partial charge in [0.15, 0.2) is 0 Å². The van der Waals surface area contributed by atoms with Crippen LogP contribution in [-0.2, 0) is 4.74 Å². The summed E-state index contributed by atoms with van der Waals surface area (Å²) in [4.78, 5) is 12.7. The molecule has 2 amide bonds. The van der Waals surface area contributed by atoms with Gasteiger partial charge < -0.3 is 15.2 Å². The average Bonchev–Trinajstić information content (AvgIpc) is 2.71. The number of hydrogen-bond acceptors (Lipinski definition) is 4. The van der Waals surface area contributed by atoms with Crippen molar-refractivity contribution < 1.29 is 14.6 Å². The van der Waals surface area contributed by atoms with Gasteiger partial charge in [-0.2, -0.15) is 0 Å². The molecule has 1 atom stereocenters. The highest BCUT2D eigenvalue weighted by Gasteiger charge is 2.08. The van der Waals surface area contributed by atoms with Gasteiger partial charge in [0.25, 0.3) is 0 Å². The Kier molecular flexibility index (Phi) is 6.83. The van der Waals surface area contributed by atoms with Gasteiger partial charge in [0.05, 0.1) is 17.7 Å². The highest BCUT2D eigenvalue weighted by molar-refractivity contribution is 7.16. The van der Waals surface area contributed by atoms with Gasteiger partial charge in [0.2, 0.25) is 0 Å². The SMILES string of the molecule is Cc1ccc(NC(=O)NCC(O)COCC(C)C)s1. The van der Waals surface area contributed by atoms with Crippen LogP contribution in [0.5, 0.6) is 0 Å². The molecule has 108 valence electrons. The molecule has 0 aromatic carbocycles. The summed E-state index contributed by atoms with van der Waals surface area (Å²) in [6.45, 7) is 7.08. The molecule has 1 rings (SSSR count). The van der Waals surface area contributed by atoms with Gasteiger partial charge in [0.1, 0.15) is 0 Å². The number of anilines is 1. The molecule has 0 radical (unpaired) electrons. The molecule has 19 heavy (non-hydrogen) atoms. The molecule has 6 heteroatoms. The number of aryl methyl sites for hydroxylation is 1. The number of rotatable bonds is 7. The fourth-order valence-electron chi connectivity index (χ4n) is 1.37. The van der Waals surface area contributed by atoms with E-state index in [2.05, 4.69) is 10.6 Å². The van der Waals surface area contributed by atoms with Crippen LogP contribution in [0.15, 0.2) is 12.1 Å². The topological polar surface area (TPSA) is 70.6 Å². The molecular formula is C13H22N2O3S. The monoisotopic (exact) mass is 286 g/mol. The van der Waals surface area contributed by atoms with Crippen molar-refractivity contribution in [3.05, 3.63) is 17.0 Å². The van der Waals surface area contributed by atoms with E-state index < -0.39 is 6.10 Å². The van der Waals surface area contributed by atoms with Crippen molar-refractivity contribution in [1.29, 1.82) is 0 Å². The molecule has 1 aromatic rings. The fraction of sp³-hybridized carbons (Fsp3) is 0.615. The Morgan fingerprint density at radius 1 is 1.42 bits per heavy atom. The Morgan fingerprint density at radius 3 is 2.74 bits per heavy atom. The molecule has 0 spiro atoms. The first-order valence-electron chi connectivity index (χ1n) is 6.34. The van der Waals surface area contributed by atoms with Crippen LogP contribution in [0.1, 0.15) is 18.7 Å². The number of carbonyl (C=O) groups excluding carboxylic acids is 1. The van der Waals surface area contributed by atoms with E-state index in [1.54, 1.807) is 0 Å². The highest BCUT2D eigenvalue weighted by Crippen LogP contribution is 2.20. The van der Waals surface area contributed by atoms with Crippen LogP contribution in [0.25, 0.3) is 0 Å². The zero-order valence-electron chi connectivity index (χ0n) is 11.6. The zero-order valence-corrected chi connectivity index (χ0v) is 12.4. The van der Waals surface area contributed by atoms with Crippen molar-refractivity contribution in [2.45, 2.75) is 26.9 Å². The van der Waals surface area contributed by atoms with E-state index in [-0.39, 0.29) is 19.2 Å². The molecule has 0 aliphatic carbocycles. The standard InChI is InChI=1S/C13H22N2O3S/c1-9(2)7-18-8-11(16)6-14-13(17)15-12-5-4-10(3)19-12/h4-5,9,11,16H,6-8H2,1-3H3,(H2,14,15,17). The number of amides is 2. The van der Waals surface area contributed by atoms with Crippen molar-refractivity contribution in [2.24, 2.45) is 5.92 Å². The maximum Gasteiger partial charge on any atom is 0.319 e. The molecule has 0 aliphatic rings. The van der Waals surface area contributed by atoms with Gasteiger partial charge in [-0.05, 0) is 25.0 Å². The second-order valence-electron chi connectivity index (χ2n) is 4.83. The lowest BCUT2D eigenvalue weighted by Gasteiger charge is -2.13. The first-order chi connectivity index (χ1) is 8.97. The normalized spacial score (nSPS) is 12.5. The Bertz CT molecular complexity index is 393. The van der Waals surface area contributed by atoms with Gasteiger partial charge >= 0.3 is 6.03 Å². The Morgan fingerprint density at radius 2 is 2.16 bits per heavy atom. The van der Waals surface area contributed by atoms with Gasteiger partial charge in [0, 0.05) is 18.0 Å². The maximum absolute atomic E-state index is 11.5. The van der Waals surface area contributed by atoms with Crippen molar-refractivity contribution in [3.63, 3.8) is 0 Å². The van der Waals surface area contributed by atoms with Crippen LogP contribution in [-0.4, -0.2) is 37.0 Å². The lowest BCUT2D eigenvalue weighted by molar-refractivity contribution is 0.0274. The zero-order chi connectivity index (χ0) is 14.3. The summed E-state index contributed by atoms with van der Waals surface area (Å²) >= 11 is 1.51. The van der Waals surface area contributed by atoms with Gasteiger partial charge in [-0.3, -0.25) is 5.32 Å². The number of aliphatic hydroxyl groups excluding tert-OH is 1. The summed E-state index contributed by atoms with van der Waals surface area (Å²) in [6, 6.07) is 3.47. The number of urea groups is 1. The average molecular weight is 286 g/mol. The number of carbonyl (C=O) groups is 1. The number of ether oxygens (including phenoxy) is 1. The summed E-state index contributed by atoms with van der Waals surface area (Å²) in [5, 5.41) is 15.7. The highest BCUT2D eigenvalue weighted by atomic mass is 32.1. The lowest BCUT2D eigenvalue weighted by atomic mass is 10.2. The molecule has 3 N–H and O–H groups in total. The molecule has 0 saturated heterocycles. The third-order valence-electron chi connectivity index (χ3n) is 2.24. The molecular weight excluding hydrogens is 264 g/mol. The largest absolute Gasteiger partial charge is 0.389 e. The summed E-state index contributed by atoms with van der Waals surface area (Å²) in [6.07, 6.45) is -0.686. The first kappa shape index (κ1) is 15.9. The molecule has 0 saturated carbocycles. The molecule has 0 aliphatic heterocycles. The smallest absolute Gasteiger partial charge is 0.319 e. The van der Waals surface area contributed by atoms with Crippen molar-refractivity contribution in [1.82, 2.24) is 5.32 Å². The van der Waals surface area contributed by atoms with Crippen LogP contribution in [0, 0.1) is 12.8 Å². The quantitative estimate of drug-likeness (QED) is 0.719. The van der Waals surface area contributed by atoms with Crippen LogP contribution in [0.3, 0.4) is 0 Å². The number of nitrogens with one attached hydrogen (secondary N) is 2. The minimum atomic E-state index is -0.686. The molecule has 0 fully saturated rings. The van der Waals surface area contributed by atoms with Crippen LogP contribution in [0.4, 0.5) is 9.80 Å². The lowest BCUT2D eigenvalue weighted by Crippen LogP contribution is -2.37. The summed E-state index contributed by atoms with van der Waals surface area (Å²) in [5.74, 6) is 0.436. The maximum atomic E-state index is 11.5. The predicted octanol–water partition coefficient (Wildman–Crippen LogP) is 2.21. The minimum Gasteiger partial charge on any atom is -0.389 e. The fourth-order valence-corrected chi connectivity index (χ4v) is 2.13. The van der Waals surface area contributed by atoms with Gasteiger partial charge in [-0.1, -0.05) is 13.8 Å². The van der Waals surface area contributed by atoms with E-state index >= 15 is 0 Å². The third kappa shape index (κ3) is 7.15. The van der Waals surface area contributed by atoms with Crippen LogP contribution in [0.2, 0.25) is 0 Å². The second kappa shape index (κ2) is 8.14. The summed E-state index contributed by atoms with van der Waals surface area (Å²) in [5.41, 5.74) is 0. The van der Waals surface area contributed by atoms with E-state index in [1.807, 2.05) is 32.9 Å². The van der Waals surface area contributed by atoms with E-state index in [9.17, 15) is 9.90 Å². The van der Waals surface area contributed by atoms with E-state index in [1.165, 1.54) is 11.3 Å². The number of aliphatic hydroxyl groups is 1. The Hall–Kier alpha value is -1.11. The second-order valence-corrected chi connectivity index (χ2v) is 6.12. The number of thiophene rings is 1. The van der Waals surface area contributed by atoms with Crippen molar-refractivity contribution in [3.8, 4) is 0 Å². The molecule has 5 nitrogen and oxygen atoms in total. The van der Waals surface area contributed by atoms with Crippen LogP contribution >= 0.6 is 11.3 Å². The van der Waals surface area contributed by atoms with E-state index in [0.29, 0.717) is 12.5 Å². The molecule has 1 heterocycles. The predicted molar refractivity (Wildman–Crippen MR) is 77.7 cm³/mol. The van der Waals surface area contributed by atoms with Gasteiger partial charge in [-0.25, -0.2) is 4.79 Å². The van der Waals surface area contributed by atoms with Crippen LogP contribution < -0.4 is 10.6 Å². The van der Waals surface area contributed by atoms with Gasteiger partial charge in [-0.15, -0.1) is 11.3 Å². The Labute approximate surface area is 118 Å². The van der Waals surface area contributed by atoms with Crippen molar-refractivity contribution in [2.75, 3.05) is 25.1 Å². The number of hydrogen-bond donors (Lipinski definition) is 3. The minimum absolute atomic E-state index is 0.175.